The fourth-order valence-electron chi connectivity index (χ4n) is 3.12. The van der Waals surface area contributed by atoms with Crippen LogP contribution >= 0.6 is 0 Å². The number of nitro groups is 1. The van der Waals surface area contributed by atoms with Crippen LogP contribution in [0.1, 0.15) is 17.4 Å². The molecule has 32 heavy (non-hydrogen) atoms. The first-order valence-corrected chi connectivity index (χ1v) is 10.7. The fraction of sp³-hybridized carbons (Fsp3) is 0.250. The zero-order valence-corrected chi connectivity index (χ0v) is 18.6. The van der Waals surface area contributed by atoms with Crippen LogP contribution in [0, 0.1) is 10.1 Å². The van der Waals surface area contributed by atoms with Gasteiger partial charge in [0, 0.05) is 31.6 Å². The van der Waals surface area contributed by atoms with Crippen LogP contribution in [0.5, 0.6) is 17.2 Å². The minimum absolute atomic E-state index is 0.0490. The molecule has 2 aromatic carbocycles. The number of ether oxygens (including phenoxy) is 3. The molecule has 3 rings (SSSR count). The second-order valence-electron chi connectivity index (χ2n) is 6.69. The minimum atomic E-state index is -4.22. The number of hydrogen-bond donors (Lipinski definition) is 1. The molecule has 1 unspecified atom stereocenters. The maximum Gasteiger partial charge on any atom is 0.312 e. The summed E-state index contributed by atoms with van der Waals surface area (Å²) in [5.74, 6) is 1.26. The van der Waals surface area contributed by atoms with Crippen LogP contribution in [-0.4, -0.2) is 44.2 Å². The molecule has 0 fully saturated rings. The Morgan fingerprint density at radius 1 is 1.06 bits per heavy atom. The third-order valence-electron chi connectivity index (χ3n) is 4.75. The van der Waals surface area contributed by atoms with Crippen LogP contribution in [0.3, 0.4) is 0 Å². The quantitative estimate of drug-likeness (QED) is 0.378. The van der Waals surface area contributed by atoms with Gasteiger partial charge in [-0.3, -0.25) is 10.1 Å². The number of nitrogens with one attached hydrogen (secondary N) is 1. The van der Waals surface area contributed by atoms with Gasteiger partial charge in [-0.1, -0.05) is 0 Å². The summed E-state index contributed by atoms with van der Waals surface area (Å²) in [7, 11) is 1.73. The average molecular weight is 462 g/mol. The van der Waals surface area contributed by atoms with Gasteiger partial charge in [-0.2, -0.15) is 4.72 Å². The zero-order valence-electron chi connectivity index (χ0n) is 17.8. The Labute approximate surface area is 184 Å². The summed E-state index contributed by atoms with van der Waals surface area (Å²) < 4.78 is 46.3. The lowest BCUT2D eigenvalue weighted by atomic mass is 10.1. The topological polar surface area (TPSA) is 135 Å². The van der Waals surface area contributed by atoms with Gasteiger partial charge in [0.1, 0.15) is 23.4 Å². The van der Waals surface area contributed by atoms with Crippen molar-refractivity contribution in [3.63, 3.8) is 0 Å². The number of aryl methyl sites for hydroxylation is 1. The van der Waals surface area contributed by atoms with Gasteiger partial charge in [0.25, 0.3) is 0 Å². The van der Waals surface area contributed by atoms with E-state index in [-0.39, 0.29) is 10.6 Å². The molecule has 0 aliphatic rings. The van der Waals surface area contributed by atoms with Crippen LogP contribution in [0.25, 0.3) is 0 Å². The monoisotopic (exact) mass is 462 g/mol. The van der Waals surface area contributed by atoms with Gasteiger partial charge >= 0.3 is 5.69 Å². The van der Waals surface area contributed by atoms with Crippen LogP contribution in [-0.2, 0) is 17.1 Å². The highest BCUT2D eigenvalue weighted by atomic mass is 32.2. The molecular formula is C20H22N4O7S. The molecule has 0 saturated heterocycles. The summed E-state index contributed by atoms with van der Waals surface area (Å²) in [6, 6.07) is 7.43. The van der Waals surface area contributed by atoms with E-state index in [9.17, 15) is 18.5 Å². The van der Waals surface area contributed by atoms with Crippen LogP contribution in [0.4, 0.5) is 5.69 Å². The smallest absolute Gasteiger partial charge is 0.312 e. The maximum atomic E-state index is 13.2. The van der Waals surface area contributed by atoms with Gasteiger partial charge in [0.15, 0.2) is 5.75 Å². The number of sulfonamides is 1. The molecule has 170 valence electrons. The largest absolute Gasteiger partial charge is 0.497 e. The van der Waals surface area contributed by atoms with E-state index in [1.165, 1.54) is 39.7 Å². The molecule has 0 amide bonds. The van der Waals surface area contributed by atoms with E-state index in [1.54, 1.807) is 36.0 Å². The first-order valence-electron chi connectivity index (χ1n) is 9.25. The molecule has 1 heterocycles. The van der Waals surface area contributed by atoms with Crippen molar-refractivity contribution < 1.29 is 27.6 Å². The Morgan fingerprint density at radius 2 is 1.72 bits per heavy atom. The number of benzene rings is 2. The molecule has 0 aliphatic carbocycles. The molecule has 0 saturated carbocycles. The Balaban J connectivity index is 2.11. The van der Waals surface area contributed by atoms with E-state index < -0.39 is 26.7 Å². The highest BCUT2D eigenvalue weighted by Gasteiger charge is 2.29. The molecular weight excluding hydrogens is 440 g/mol. The third-order valence-corrected chi connectivity index (χ3v) is 6.17. The second-order valence-corrected chi connectivity index (χ2v) is 8.40. The van der Waals surface area contributed by atoms with E-state index in [0.717, 1.165) is 6.07 Å². The molecule has 3 aromatic rings. The number of nitrogens with zero attached hydrogens (tertiary/aromatic N) is 3. The van der Waals surface area contributed by atoms with Crippen LogP contribution in [0.15, 0.2) is 53.7 Å². The molecule has 1 N–H and O–H groups in total. The van der Waals surface area contributed by atoms with Gasteiger partial charge < -0.3 is 18.8 Å². The molecule has 0 aliphatic heterocycles. The van der Waals surface area contributed by atoms with Crippen LogP contribution in [0.2, 0.25) is 0 Å². The van der Waals surface area contributed by atoms with Crippen molar-refractivity contribution >= 4 is 15.7 Å². The van der Waals surface area contributed by atoms with Crippen LogP contribution < -0.4 is 18.9 Å². The summed E-state index contributed by atoms with van der Waals surface area (Å²) in [6.07, 6.45) is 3.21. The van der Waals surface area contributed by atoms with Crippen molar-refractivity contribution in [3.05, 3.63) is 70.3 Å². The van der Waals surface area contributed by atoms with Crippen molar-refractivity contribution in [3.8, 4) is 17.2 Å². The van der Waals surface area contributed by atoms with Crippen molar-refractivity contribution in [2.75, 3.05) is 21.3 Å². The third kappa shape index (κ3) is 4.65. The predicted octanol–water partition coefficient (Wildman–Crippen LogP) is 2.42. The molecule has 0 spiro atoms. The number of imidazole rings is 1. The summed E-state index contributed by atoms with van der Waals surface area (Å²) in [4.78, 5) is 14.6. The lowest BCUT2D eigenvalue weighted by molar-refractivity contribution is -0.386. The summed E-state index contributed by atoms with van der Waals surface area (Å²) in [5, 5.41) is 11.3. The van der Waals surface area contributed by atoms with Gasteiger partial charge in [-0.15, -0.1) is 0 Å². The second kappa shape index (κ2) is 9.24. The van der Waals surface area contributed by atoms with E-state index in [4.69, 9.17) is 14.2 Å². The normalized spacial score (nSPS) is 12.2. The van der Waals surface area contributed by atoms with Crippen molar-refractivity contribution in [1.82, 2.24) is 14.3 Å². The standard InChI is InChI=1S/C20H22N4O7S/c1-23-8-7-21-20(23)19(13-9-14(29-2)11-15(10-13)30-3)22-32(27,28)16-5-6-18(31-4)17(12-16)24(25)26/h5-12,19,22H,1-4H3. The molecule has 1 atom stereocenters. The fourth-order valence-corrected chi connectivity index (χ4v) is 4.33. The van der Waals surface area contributed by atoms with Crippen molar-refractivity contribution in [1.29, 1.82) is 0 Å². The van der Waals surface area contributed by atoms with Gasteiger partial charge in [-0.25, -0.2) is 13.4 Å². The summed E-state index contributed by atoms with van der Waals surface area (Å²) in [6.45, 7) is 0. The first-order chi connectivity index (χ1) is 15.2. The Morgan fingerprint density at radius 3 is 2.22 bits per heavy atom. The SMILES string of the molecule is COc1cc(OC)cc(C(NS(=O)(=O)c2ccc(OC)c([N+](=O)[O-])c2)c2nccn2C)c1. The highest BCUT2D eigenvalue weighted by molar-refractivity contribution is 7.89. The zero-order chi connectivity index (χ0) is 23.5. The molecule has 1 aromatic heterocycles. The first kappa shape index (κ1) is 23.0. The Kier molecular flexibility index (Phi) is 6.65. The minimum Gasteiger partial charge on any atom is -0.497 e. The van der Waals surface area contributed by atoms with E-state index >= 15 is 0 Å². The lowest BCUT2D eigenvalue weighted by Gasteiger charge is -2.20. The van der Waals surface area contributed by atoms with E-state index in [1.807, 2.05) is 0 Å². The van der Waals surface area contributed by atoms with Crippen molar-refractivity contribution in [2.45, 2.75) is 10.9 Å². The number of hydrogen-bond acceptors (Lipinski definition) is 8. The van der Waals surface area contributed by atoms with Gasteiger partial charge in [0.2, 0.25) is 10.0 Å². The maximum absolute atomic E-state index is 13.2. The van der Waals surface area contributed by atoms with E-state index in [0.29, 0.717) is 22.9 Å². The number of rotatable bonds is 9. The Hall–Kier alpha value is -3.64. The predicted molar refractivity (Wildman–Crippen MR) is 115 cm³/mol. The summed E-state index contributed by atoms with van der Waals surface area (Å²) in [5.41, 5.74) is 0.0362. The number of methoxy groups -OCH3 is 3. The highest BCUT2D eigenvalue weighted by Crippen LogP contribution is 2.33. The number of aromatic nitrogens is 2. The summed E-state index contributed by atoms with van der Waals surface area (Å²) >= 11 is 0. The van der Waals surface area contributed by atoms with E-state index in [2.05, 4.69) is 9.71 Å². The average Bonchev–Trinajstić information content (AvgIpc) is 3.21. The van der Waals surface area contributed by atoms with Gasteiger partial charge in [0.05, 0.1) is 31.1 Å². The van der Waals surface area contributed by atoms with Crippen molar-refractivity contribution in [2.24, 2.45) is 7.05 Å². The number of nitro benzene ring substituents is 1. The molecule has 12 heteroatoms. The lowest BCUT2D eigenvalue weighted by Crippen LogP contribution is -2.31. The van der Waals surface area contributed by atoms with Gasteiger partial charge in [-0.05, 0) is 29.8 Å². The molecule has 0 bridgehead atoms. The molecule has 11 nitrogen and oxygen atoms in total. The Bertz CT molecular complexity index is 1220. The molecule has 0 radical (unpaired) electrons.